The zero-order valence-electron chi connectivity index (χ0n) is 13.5. The number of nitrogens with zero attached hydrogens (tertiary/aromatic N) is 2. The molecule has 2 aromatic rings. The molecule has 0 spiro atoms. The molecule has 6 nitrogen and oxygen atoms in total. The number of aromatic nitrogens is 2. The van der Waals surface area contributed by atoms with Crippen LogP contribution in [0, 0.1) is 17.6 Å². The van der Waals surface area contributed by atoms with Gasteiger partial charge in [0.25, 0.3) is 0 Å². The molecule has 3 rings (SSSR count). The molecule has 0 aliphatic heterocycles. The Morgan fingerprint density at radius 1 is 1.16 bits per heavy atom. The molecule has 25 heavy (non-hydrogen) atoms. The molecule has 1 aromatic carbocycles. The minimum atomic E-state index is -3.86. The molecule has 1 N–H and O–H groups in total. The molecule has 1 saturated carbocycles. The zero-order valence-corrected chi connectivity index (χ0v) is 14.4. The Morgan fingerprint density at radius 3 is 2.52 bits per heavy atom. The number of sulfonamides is 1. The van der Waals surface area contributed by atoms with Crippen LogP contribution in [0.4, 0.5) is 14.8 Å². The highest BCUT2D eigenvalue weighted by Gasteiger charge is 2.21. The van der Waals surface area contributed by atoms with Crippen molar-refractivity contribution in [3.8, 4) is 0 Å². The first-order chi connectivity index (χ1) is 11.9. The van der Waals surface area contributed by atoms with Crippen LogP contribution in [0.2, 0.25) is 0 Å². The molecule has 0 radical (unpaired) electrons. The third-order valence-corrected chi connectivity index (χ3v) is 5.56. The average molecular weight is 371 g/mol. The molecule has 0 unspecified atom stereocenters. The summed E-state index contributed by atoms with van der Waals surface area (Å²) in [5.74, 6) is -1.15. The summed E-state index contributed by atoms with van der Waals surface area (Å²) in [4.78, 5) is 0. The van der Waals surface area contributed by atoms with Crippen molar-refractivity contribution in [1.82, 2.24) is 10.2 Å². The van der Waals surface area contributed by atoms with Gasteiger partial charge in [0.05, 0.1) is 5.75 Å². The quantitative estimate of drug-likeness (QED) is 0.808. The van der Waals surface area contributed by atoms with Crippen molar-refractivity contribution in [2.45, 2.75) is 38.5 Å². The molecular formula is C16H19F2N3O3S. The van der Waals surface area contributed by atoms with Gasteiger partial charge in [-0.1, -0.05) is 24.0 Å². The number of anilines is 1. The van der Waals surface area contributed by atoms with Gasteiger partial charge in [-0.15, -0.1) is 5.10 Å². The molecule has 0 bridgehead atoms. The van der Waals surface area contributed by atoms with E-state index in [0.29, 0.717) is 18.2 Å². The first kappa shape index (κ1) is 17.8. The summed E-state index contributed by atoms with van der Waals surface area (Å²) >= 11 is 0. The highest BCUT2D eigenvalue weighted by Crippen LogP contribution is 2.28. The van der Waals surface area contributed by atoms with Crippen LogP contribution < -0.4 is 4.72 Å². The summed E-state index contributed by atoms with van der Waals surface area (Å²) in [6, 6.07) is 3.19. The van der Waals surface area contributed by atoms with Gasteiger partial charge in [0.1, 0.15) is 11.6 Å². The molecule has 0 saturated heterocycles. The summed E-state index contributed by atoms with van der Waals surface area (Å²) in [5.41, 5.74) is -0.264. The van der Waals surface area contributed by atoms with Gasteiger partial charge >= 0.3 is 6.01 Å². The molecule has 0 atom stereocenters. The maximum Gasteiger partial charge on any atom is 0.329 e. The van der Waals surface area contributed by atoms with E-state index in [4.69, 9.17) is 4.42 Å². The minimum Gasteiger partial charge on any atom is -0.407 e. The van der Waals surface area contributed by atoms with E-state index in [9.17, 15) is 17.2 Å². The van der Waals surface area contributed by atoms with Crippen LogP contribution in [0.1, 0.15) is 37.1 Å². The summed E-state index contributed by atoms with van der Waals surface area (Å²) in [6.45, 7) is 0. The van der Waals surface area contributed by atoms with Crippen LogP contribution in [0.3, 0.4) is 0 Å². The van der Waals surface area contributed by atoms with Gasteiger partial charge in [0, 0.05) is 12.0 Å². The average Bonchev–Trinajstić information content (AvgIpc) is 3.19. The van der Waals surface area contributed by atoms with E-state index in [-0.39, 0.29) is 18.0 Å². The fourth-order valence-electron chi connectivity index (χ4n) is 3.03. The molecule has 1 fully saturated rings. The summed E-state index contributed by atoms with van der Waals surface area (Å²) in [6.07, 6.45) is 4.93. The number of benzene rings is 1. The van der Waals surface area contributed by atoms with Crippen LogP contribution >= 0.6 is 0 Å². The molecule has 1 aromatic heterocycles. The standard InChI is InChI=1S/C16H19F2N3O3S/c17-13-6-3-7-14(18)12(13)8-9-25(22,23)21-16-20-19-15(24-16)10-11-4-1-2-5-11/h3,6-7,11H,1-2,4-5,8-10H2,(H,20,21). The number of nitrogens with one attached hydrogen (secondary N) is 1. The van der Waals surface area contributed by atoms with E-state index >= 15 is 0 Å². The van der Waals surface area contributed by atoms with Gasteiger partial charge in [-0.05, 0) is 37.3 Å². The van der Waals surface area contributed by atoms with Crippen molar-refractivity contribution in [1.29, 1.82) is 0 Å². The van der Waals surface area contributed by atoms with Crippen molar-refractivity contribution in [2.24, 2.45) is 5.92 Å². The predicted octanol–water partition coefficient (Wildman–Crippen LogP) is 3.06. The summed E-state index contributed by atoms with van der Waals surface area (Å²) < 4.78 is 58.7. The Balaban J connectivity index is 1.58. The van der Waals surface area contributed by atoms with Gasteiger partial charge < -0.3 is 4.42 Å². The third kappa shape index (κ3) is 4.75. The smallest absolute Gasteiger partial charge is 0.329 e. The largest absolute Gasteiger partial charge is 0.407 e. The molecule has 9 heteroatoms. The topological polar surface area (TPSA) is 85.1 Å². The number of hydrogen-bond acceptors (Lipinski definition) is 5. The summed E-state index contributed by atoms with van der Waals surface area (Å²) in [5, 5.41) is 7.53. The van der Waals surface area contributed by atoms with E-state index < -0.39 is 27.4 Å². The normalized spacial score (nSPS) is 15.6. The van der Waals surface area contributed by atoms with Crippen LogP contribution in [-0.4, -0.2) is 24.4 Å². The lowest BCUT2D eigenvalue weighted by Gasteiger charge is -2.06. The van der Waals surface area contributed by atoms with Crippen LogP contribution in [-0.2, 0) is 22.9 Å². The zero-order chi connectivity index (χ0) is 17.9. The Hall–Kier alpha value is -2.03. The van der Waals surface area contributed by atoms with Gasteiger partial charge in [0.2, 0.25) is 15.9 Å². The minimum absolute atomic E-state index is 0.220. The van der Waals surface area contributed by atoms with Gasteiger partial charge in [-0.25, -0.2) is 21.9 Å². The van der Waals surface area contributed by atoms with Gasteiger partial charge in [0.15, 0.2) is 0 Å². The summed E-state index contributed by atoms with van der Waals surface area (Å²) in [7, 11) is -3.86. The van der Waals surface area contributed by atoms with Gasteiger partial charge in [-0.3, -0.25) is 0 Å². The SMILES string of the molecule is O=S(=O)(CCc1c(F)cccc1F)Nc1nnc(CC2CCCC2)o1. The van der Waals surface area contributed by atoms with E-state index in [1.807, 2.05) is 0 Å². The van der Waals surface area contributed by atoms with Crippen molar-refractivity contribution in [3.63, 3.8) is 0 Å². The predicted molar refractivity (Wildman–Crippen MR) is 87.4 cm³/mol. The fourth-order valence-corrected chi connectivity index (χ4v) is 3.95. The molecule has 0 amide bonds. The van der Waals surface area contributed by atoms with E-state index in [1.54, 1.807) is 0 Å². The van der Waals surface area contributed by atoms with Crippen LogP contribution in [0.5, 0.6) is 0 Å². The number of rotatable bonds is 7. The lowest BCUT2D eigenvalue weighted by Crippen LogP contribution is -2.19. The molecule has 1 heterocycles. The Kier molecular flexibility index (Phi) is 5.31. The second-order valence-electron chi connectivity index (χ2n) is 6.23. The lowest BCUT2D eigenvalue weighted by molar-refractivity contribution is 0.439. The lowest BCUT2D eigenvalue weighted by atomic mass is 10.0. The Morgan fingerprint density at radius 2 is 1.84 bits per heavy atom. The second kappa shape index (κ2) is 7.47. The van der Waals surface area contributed by atoms with E-state index in [1.165, 1.54) is 18.9 Å². The monoisotopic (exact) mass is 371 g/mol. The fraction of sp³-hybridized carbons (Fsp3) is 0.500. The van der Waals surface area contributed by atoms with Crippen molar-refractivity contribution in [3.05, 3.63) is 41.3 Å². The van der Waals surface area contributed by atoms with Crippen LogP contribution in [0.25, 0.3) is 0 Å². The van der Waals surface area contributed by atoms with Crippen LogP contribution in [0.15, 0.2) is 22.6 Å². The van der Waals surface area contributed by atoms with E-state index in [2.05, 4.69) is 14.9 Å². The third-order valence-electron chi connectivity index (χ3n) is 4.33. The molecular weight excluding hydrogens is 352 g/mol. The van der Waals surface area contributed by atoms with Crippen molar-refractivity contribution < 1.29 is 21.6 Å². The molecule has 1 aliphatic carbocycles. The highest BCUT2D eigenvalue weighted by atomic mass is 32.2. The maximum absolute atomic E-state index is 13.6. The Bertz CT molecular complexity index is 813. The number of hydrogen-bond donors (Lipinski definition) is 1. The maximum atomic E-state index is 13.6. The first-order valence-corrected chi connectivity index (χ1v) is 9.84. The van der Waals surface area contributed by atoms with Crippen molar-refractivity contribution >= 4 is 16.0 Å². The first-order valence-electron chi connectivity index (χ1n) is 8.19. The second-order valence-corrected chi connectivity index (χ2v) is 8.07. The van der Waals surface area contributed by atoms with Gasteiger partial charge in [-0.2, -0.15) is 0 Å². The Labute approximate surface area is 144 Å². The molecule has 1 aliphatic rings. The molecule has 136 valence electrons. The van der Waals surface area contributed by atoms with Crippen molar-refractivity contribution in [2.75, 3.05) is 10.5 Å². The highest BCUT2D eigenvalue weighted by molar-refractivity contribution is 7.92. The number of halogens is 2. The van der Waals surface area contributed by atoms with E-state index in [0.717, 1.165) is 25.0 Å².